The third kappa shape index (κ3) is 1.08. The highest BCUT2D eigenvalue weighted by atomic mass is 16.5. The molecule has 0 saturated heterocycles. The Hall–Kier alpha value is -1.02. The summed E-state index contributed by atoms with van der Waals surface area (Å²) < 4.78 is 5.43. The van der Waals surface area contributed by atoms with Crippen molar-refractivity contribution in [2.45, 2.75) is 19.4 Å². The van der Waals surface area contributed by atoms with Crippen molar-refractivity contribution < 1.29 is 4.74 Å². The fourth-order valence-corrected chi connectivity index (χ4v) is 1.68. The van der Waals surface area contributed by atoms with Gasteiger partial charge in [0.05, 0.1) is 6.61 Å². The zero-order chi connectivity index (χ0) is 8.55. The molecule has 0 saturated carbocycles. The number of benzene rings is 1. The standard InChI is InChI=1S/C10H13NO/c1-7(11)8-3-2-4-10-9(8)5-6-12-10/h2-4,7H,5-6,11H2,1H3/t7-/m0/s1. The Morgan fingerprint density at radius 3 is 3.08 bits per heavy atom. The van der Waals surface area contributed by atoms with Gasteiger partial charge in [0.2, 0.25) is 0 Å². The summed E-state index contributed by atoms with van der Waals surface area (Å²) in [6.45, 7) is 2.81. The van der Waals surface area contributed by atoms with Gasteiger partial charge in [-0.15, -0.1) is 0 Å². The summed E-state index contributed by atoms with van der Waals surface area (Å²) in [5, 5.41) is 0. The van der Waals surface area contributed by atoms with Gasteiger partial charge in [0, 0.05) is 18.0 Å². The van der Waals surface area contributed by atoms with Crippen LogP contribution in [0.4, 0.5) is 0 Å². The lowest BCUT2D eigenvalue weighted by Gasteiger charge is -2.09. The molecule has 0 bridgehead atoms. The van der Waals surface area contributed by atoms with Crippen LogP contribution in [-0.4, -0.2) is 6.61 Å². The molecule has 2 nitrogen and oxygen atoms in total. The molecule has 0 fully saturated rings. The molecular formula is C10H13NO. The van der Waals surface area contributed by atoms with Crippen molar-refractivity contribution in [2.24, 2.45) is 5.73 Å². The van der Waals surface area contributed by atoms with Crippen LogP contribution in [0.1, 0.15) is 24.1 Å². The van der Waals surface area contributed by atoms with Crippen LogP contribution < -0.4 is 10.5 Å². The molecule has 0 spiro atoms. The second-order valence-corrected chi connectivity index (χ2v) is 3.21. The Bertz CT molecular complexity index is 294. The van der Waals surface area contributed by atoms with E-state index in [9.17, 15) is 0 Å². The van der Waals surface area contributed by atoms with E-state index in [-0.39, 0.29) is 6.04 Å². The van der Waals surface area contributed by atoms with Crippen molar-refractivity contribution in [1.82, 2.24) is 0 Å². The summed E-state index contributed by atoms with van der Waals surface area (Å²) in [5.41, 5.74) is 8.36. The first-order chi connectivity index (χ1) is 5.79. The predicted molar refractivity (Wildman–Crippen MR) is 48.2 cm³/mol. The highest BCUT2D eigenvalue weighted by molar-refractivity contribution is 5.43. The molecule has 1 aromatic carbocycles. The van der Waals surface area contributed by atoms with Gasteiger partial charge in [-0.3, -0.25) is 0 Å². The second-order valence-electron chi connectivity index (χ2n) is 3.21. The van der Waals surface area contributed by atoms with Crippen molar-refractivity contribution in [3.63, 3.8) is 0 Å². The van der Waals surface area contributed by atoms with Gasteiger partial charge >= 0.3 is 0 Å². The monoisotopic (exact) mass is 163 g/mol. The molecule has 1 atom stereocenters. The van der Waals surface area contributed by atoms with Crippen LogP contribution in [-0.2, 0) is 6.42 Å². The van der Waals surface area contributed by atoms with Gasteiger partial charge in [-0.1, -0.05) is 12.1 Å². The minimum absolute atomic E-state index is 0.113. The molecule has 1 aliphatic rings. The first-order valence-corrected chi connectivity index (χ1v) is 4.29. The molecule has 1 aromatic rings. The molecule has 64 valence electrons. The van der Waals surface area contributed by atoms with E-state index >= 15 is 0 Å². The number of nitrogens with two attached hydrogens (primary N) is 1. The maximum atomic E-state index is 5.83. The van der Waals surface area contributed by atoms with Crippen molar-refractivity contribution in [1.29, 1.82) is 0 Å². The zero-order valence-electron chi connectivity index (χ0n) is 7.21. The lowest BCUT2D eigenvalue weighted by molar-refractivity contribution is 0.357. The molecule has 2 rings (SSSR count). The van der Waals surface area contributed by atoms with Gasteiger partial charge in [-0.25, -0.2) is 0 Å². The predicted octanol–water partition coefficient (Wildman–Crippen LogP) is 1.64. The van der Waals surface area contributed by atoms with Crippen LogP contribution in [0.25, 0.3) is 0 Å². The second kappa shape index (κ2) is 2.79. The van der Waals surface area contributed by atoms with E-state index in [1.807, 2.05) is 19.1 Å². The highest BCUT2D eigenvalue weighted by Gasteiger charge is 2.16. The van der Waals surface area contributed by atoms with Crippen LogP contribution >= 0.6 is 0 Å². The van der Waals surface area contributed by atoms with Gasteiger partial charge in [0.25, 0.3) is 0 Å². The molecule has 1 aliphatic heterocycles. The van der Waals surface area contributed by atoms with Crippen LogP contribution in [0.2, 0.25) is 0 Å². The lowest BCUT2D eigenvalue weighted by atomic mass is 10.0. The summed E-state index contributed by atoms with van der Waals surface area (Å²) in [4.78, 5) is 0. The van der Waals surface area contributed by atoms with Crippen LogP contribution in [0.15, 0.2) is 18.2 Å². The Morgan fingerprint density at radius 1 is 1.50 bits per heavy atom. The molecule has 2 heteroatoms. The Balaban J connectivity index is 2.49. The van der Waals surface area contributed by atoms with Gasteiger partial charge < -0.3 is 10.5 Å². The number of hydrogen-bond donors (Lipinski definition) is 1. The quantitative estimate of drug-likeness (QED) is 0.683. The first-order valence-electron chi connectivity index (χ1n) is 4.29. The molecule has 0 unspecified atom stereocenters. The highest BCUT2D eigenvalue weighted by Crippen LogP contribution is 2.30. The van der Waals surface area contributed by atoms with Gasteiger partial charge in [0.15, 0.2) is 0 Å². The summed E-state index contributed by atoms with van der Waals surface area (Å²) in [6, 6.07) is 6.21. The van der Waals surface area contributed by atoms with E-state index in [4.69, 9.17) is 10.5 Å². The maximum Gasteiger partial charge on any atom is 0.122 e. The minimum atomic E-state index is 0.113. The van der Waals surface area contributed by atoms with E-state index in [0.29, 0.717) is 0 Å². The van der Waals surface area contributed by atoms with Crippen LogP contribution in [0, 0.1) is 0 Å². The number of ether oxygens (including phenoxy) is 1. The summed E-state index contributed by atoms with van der Waals surface area (Å²) in [5.74, 6) is 1.02. The Kier molecular flexibility index (Phi) is 1.77. The molecule has 0 aromatic heterocycles. The fraction of sp³-hybridized carbons (Fsp3) is 0.400. The van der Waals surface area contributed by atoms with Gasteiger partial charge in [-0.05, 0) is 18.6 Å². The topological polar surface area (TPSA) is 35.2 Å². The molecule has 1 heterocycles. The number of fused-ring (bicyclic) bond motifs is 1. The third-order valence-corrected chi connectivity index (χ3v) is 2.27. The minimum Gasteiger partial charge on any atom is -0.493 e. The number of hydrogen-bond acceptors (Lipinski definition) is 2. The molecule has 0 aliphatic carbocycles. The van der Waals surface area contributed by atoms with Crippen molar-refractivity contribution in [3.8, 4) is 5.75 Å². The SMILES string of the molecule is C[C@H](N)c1cccc2c1CCO2. The van der Waals surface area contributed by atoms with E-state index < -0.39 is 0 Å². The summed E-state index contributed by atoms with van der Waals surface area (Å²) in [7, 11) is 0. The molecule has 0 radical (unpaired) electrons. The summed E-state index contributed by atoms with van der Waals surface area (Å²) >= 11 is 0. The van der Waals surface area contributed by atoms with E-state index in [0.717, 1.165) is 18.8 Å². The average molecular weight is 163 g/mol. The van der Waals surface area contributed by atoms with E-state index in [1.54, 1.807) is 0 Å². The van der Waals surface area contributed by atoms with Crippen molar-refractivity contribution in [3.05, 3.63) is 29.3 Å². The van der Waals surface area contributed by atoms with Crippen LogP contribution in [0.5, 0.6) is 5.75 Å². The average Bonchev–Trinajstić information content (AvgIpc) is 2.49. The Labute approximate surface area is 72.3 Å². The van der Waals surface area contributed by atoms with Gasteiger partial charge in [-0.2, -0.15) is 0 Å². The van der Waals surface area contributed by atoms with Crippen LogP contribution in [0.3, 0.4) is 0 Å². The van der Waals surface area contributed by atoms with Crippen molar-refractivity contribution >= 4 is 0 Å². The normalized spacial score (nSPS) is 16.8. The molecule has 0 amide bonds. The fourth-order valence-electron chi connectivity index (χ4n) is 1.68. The zero-order valence-corrected chi connectivity index (χ0v) is 7.21. The number of rotatable bonds is 1. The smallest absolute Gasteiger partial charge is 0.122 e. The molecular weight excluding hydrogens is 150 g/mol. The first kappa shape index (κ1) is 7.62. The maximum absolute atomic E-state index is 5.83. The Morgan fingerprint density at radius 2 is 2.33 bits per heavy atom. The largest absolute Gasteiger partial charge is 0.493 e. The van der Waals surface area contributed by atoms with Crippen molar-refractivity contribution in [2.75, 3.05) is 6.61 Å². The molecule has 12 heavy (non-hydrogen) atoms. The van der Waals surface area contributed by atoms with E-state index in [2.05, 4.69) is 6.07 Å². The molecule has 2 N–H and O–H groups in total. The van der Waals surface area contributed by atoms with Gasteiger partial charge in [0.1, 0.15) is 5.75 Å². The third-order valence-electron chi connectivity index (χ3n) is 2.27. The summed E-state index contributed by atoms with van der Waals surface area (Å²) in [6.07, 6.45) is 1.01. The lowest BCUT2D eigenvalue weighted by Crippen LogP contribution is -2.07. The van der Waals surface area contributed by atoms with E-state index in [1.165, 1.54) is 11.1 Å².